The summed E-state index contributed by atoms with van der Waals surface area (Å²) in [6, 6.07) is 0. The number of nitrogens with zero attached hydrogens (tertiary/aromatic N) is 1. The average Bonchev–Trinajstić information content (AvgIpc) is 2.74. The molecule has 0 spiro atoms. The van der Waals surface area contributed by atoms with Crippen molar-refractivity contribution < 1.29 is 23.9 Å². The zero-order valence-electron chi connectivity index (χ0n) is 11.8. The van der Waals surface area contributed by atoms with Crippen molar-refractivity contribution in [3.63, 3.8) is 0 Å². The molecule has 0 bridgehead atoms. The van der Waals surface area contributed by atoms with Crippen molar-refractivity contribution >= 4 is 17.6 Å². The molecule has 2 amide bonds. The van der Waals surface area contributed by atoms with E-state index in [0.717, 1.165) is 17.1 Å². The number of hydrogen-bond donors (Lipinski definition) is 1. The Labute approximate surface area is 117 Å². The molecule has 7 nitrogen and oxygen atoms in total. The summed E-state index contributed by atoms with van der Waals surface area (Å²) in [5.74, 6) is -1.23. The molecule has 1 unspecified atom stereocenters. The van der Waals surface area contributed by atoms with Gasteiger partial charge in [-0.3, -0.25) is 24.6 Å². The molecule has 1 aliphatic heterocycles. The van der Waals surface area contributed by atoms with Gasteiger partial charge >= 0.3 is 0 Å². The molecular weight excluding hydrogens is 264 g/mol. The van der Waals surface area contributed by atoms with Gasteiger partial charge in [0.15, 0.2) is 5.78 Å². The first-order valence-corrected chi connectivity index (χ1v) is 6.52. The summed E-state index contributed by atoms with van der Waals surface area (Å²) in [6.07, 6.45) is 1.64. The molecule has 7 heteroatoms. The molecule has 0 aromatic carbocycles. The highest BCUT2D eigenvalue weighted by Gasteiger charge is 2.27. The van der Waals surface area contributed by atoms with Crippen LogP contribution in [-0.4, -0.2) is 61.6 Å². The van der Waals surface area contributed by atoms with Crippen molar-refractivity contribution in [2.45, 2.75) is 20.0 Å². The molecule has 0 fully saturated rings. The Hall–Kier alpha value is -1.57. The van der Waals surface area contributed by atoms with Gasteiger partial charge < -0.3 is 9.47 Å². The fourth-order valence-electron chi connectivity index (χ4n) is 1.52. The number of ketones is 1. The van der Waals surface area contributed by atoms with Crippen LogP contribution in [0.3, 0.4) is 0 Å². The summed E-state index contributed by atoms with van der Waals surface area (Å²) in [7, 11) is 0. The van der Waals surface area contributed by atoms with E-state index in [9.17, 15) is 14.4 Å². The van der Waals surface area contributed by atoms with Crippen molar-refractivity contribution in [3.8, 4) is 0 Å². The minimum atomic E-state index is -0.662. The highest BCUT2D eigenvalue weighted by atomic mass is 16.5. The van der Waals surface area contributed by atoms with Crippen LogP contribution in [0.4, 0.5) is 0 Å². The third kappa shape index (κ3) is 5.20. The summed E-state index contributed by atoms with van der Waals surface area (Å²) in [4.78, 5) is 35.3. The molecule has 0 radical (unpaired) electrons. The molecule has 0 aromatic heterocycles. The van der Waals surface area contributed by atoms with E-state index in [1.807, 2.05) is 6.92 Å². The maximum absolute atomic E-state index is 11.8. The van der Waals surface area contributed by atoms with E-state index in [-0.39, 0.29) is 12.3 Å². The molecule has 1 aliphatic rings. The largest absolute Gasteiger partial charge is 0.369 e. The Balaban J connectivity index is 2.19. The molecule has 0 aromatic rings. The second kappa shape index (κ2) is 8.57. The lowest BCUT2D eigenvalue weighted by Gasteiger charge is -2.17. The standard InChI is InChI=1S/C13H20N2O5/c1-3-19-9-14-6-7-20-10(2)11(16)8-15-12(17)4-5-13(15)18/h4-5,10,14H,3,6-9H2,1-2H3. The number of ether oxygens (including phenoxy) is 2. The van der Waals surface area contributed by atoms with Gasteiger partial charge in [0.05, 0.1) is 19.9 Å². The molecule has 1 N–H and O–H groups in total. The smallest absolute Gasteiger partial charge is 0.254 e. The lowest BCUT2D eigenvalue weighted by atomic mass is 10.2. The van der Waals surface area contributed by atoms with Crippen molar-refractivity contribution in [2.24, 2.45) is 0 Å². The molecule has 112 valence electrons. The number of carbonyl (C=O) groups excluding carboxylic acids is 3. The van der Waals surface area contributed by atoms with Gasteiger partial charge in [0, 0.05) is 25.3 Å². The minimum absolute atomic E-state index is 0.252. The van der Waals surface area contributed by atoms with Crippen LogP contribution in [-0.2, 0) is 23.9 Å². The molecule has 0 aliphatic carbocycles. The van der Waals surface area contributed by atoms with Crippen LogP contribution in [0.15, 0.2) is 12.2 Å². The normalized spacial score (nSPS) is 16.0. The second-order valence-electron chi connectivity index (χ2n) is 4.21. The maximum atomic E-state index is 11.8. The van der Waals surface area contributed by atoms with E-state index in [1.165, 1.54) is 0 Å². The van der Waals surface area contributed by atoms with E-state index >= 15 is 0 Å². The topological polar surface area (TPSA) is 84.9 Å². The summed E-state index contributed by atoms with van der Waals surface area (Å²) < 4.78 is 10.4. The third-order valence-electron chi connectivity index (χ3n) is 2.72. The van der Waals surface area contributed by atoms with Crippen molar-refractivity contribution in [2.75, 3.05) is 33.0 Å². The van der Waals surface area contributed by atoms with Crippen LogP contribution in [0.1, 0.15) is 13.8 Å². The molecule has 20 heavy (non-hydrogen) atoms. The molecule has 1 rings (SSSR count). The van der Waals surface area contributed by atoms with Crippen LogP contribution in [0.25, 0.3) is 0 Å². The average molecular weight is 284 g/mol. The number of hydrogen-bond acceptors (Lipinski definition) is 6. The van der Waals surface area contributed by atoms with Crippen LogP contribution in [0.2, 0.25) is 0 Å². The first-order valence-electron chi connectivity index (χ1n) is 6.52. The van der Waals surface area contributed by atoms with Gasteiger partial charge in [0.2, 0.25) is 0 Å². The number of Topliss-reactive ketones (excluding diaryl/α,β-unsaturated/α-hetero) is 1. The fraction of sp³-hybridized carbons (Fsp3) is 0.615. The molecule has 1 atom stereocenters. The number of carbonyl (C=O) groups is 3. The number of imide groups is 1. The van der Waals surface area contributed by atoms with E-state index < -0.39 is 17.9 Å². The zero-order chi connectivity index (χ0) is 15.0. The van der Waals surface area contributed by atoms with Crippen LogP contribution < -0.4 is 5.32 Å². The Morgan fingerprint density at radius 1 is 1.35 bits per heavy atom. The Bertz CT molecular complexity index is 376. The van der Waals surface area contributed by atoms with Crippen molar-refractivity contribution in [3.05, 3.63) is 12.2 Å². The summed E-state index contributed by atoms with van der Waals surface area (Å²) in [5.41, 5.74) is 0. The van der Waals surface area contributed by atoms with Gasteiger partial charge in [-0.25, -0.2) is 0 Å². The summed E-state index contributed by atoms with van der Waals surface area (Å²) >= 11 is 0. The Morgan fingerprint density at radius 2 is 2.00 bits per heavy atom. The Kier molecular flexibility index (Phi) is 7.06. The lowest BCUT2D eigenvalue weighted by molar-refractivity contribution is -0.143. The first kappa shape index (κ1) is 16.5. The van der Waals surface area contributed by atoms with E-state index in [2.05, 4.69) is 5.32 Å². The van der Waals surface area contributed by atoms with E-state index in [1.54, 1.807) is 6.92 Å². The molecule has 0 saturated heterocycles. The van der Waals surface area contributed by atoms with Gasteiger partial charge in [0.25, 0.3) is 11.8 Å². The van der Waals surface area contributed by atoms with Gasteiger partial charge in [0.1, 0.15) is 6.10 Å². The van der Waals surface area contributed by atoms with Gasteiger partial charge in [-0.2, -0.15) is 0 Å². The quantitative estimate of drug-likeness (QED) is 0.330. The predicted molar refractivity (Wildman–Crippen MR) is 70.8 cm³/mol. The molecule has 1 heterocycles. The zero-order valence-corrected chi connectivity index (χ0v) is 11.8. The third-order valence-corrected chi connectivity index (χ3v) is 2.72. The summed E-state index contributed by atoms with van der Waals surface area (Å²) in [6.45, 7) is 5.22. The van der Waals surface area contributed by atoms with E-state index in [0.29, 0.717) is 26.5 Å². The van der Waals surface area contributed by atoms with E-state index in [4.69, 9.17) is 9.47 Å². The maximum Gasteiger partial charge on any atom is 0.254 e. The second-order valence-corrected chi connectivity index (χ2v) is 4.21. The van der Waals surface area contributed by atoms with Crippen molar-refractivity contribution in [1.29, 1.82) is 0 Å². The minimum Gasteiger partial charge on any atom is -0.369 e. The summed E-state index contributed by atoms with van der Waals surface area (Å²) in [5, 5.41) is 2.98. The van der Waals surface area contributed by atoms with Crippen LogP contribution in [0, 0.1) is 0 Å². The van der Waals surface area contributed by atoms with Gasteiger partial charge in [-0.1, -0.05) is 0 Å². The highest BCUT2D eigenvalue weighted by Crippen LogP contribution is 2.05. The first-order chi connectivity index (χ1) is 9.56. The SMILES string of the molecule is CCOCNCCOC(C)C(=O)CN1C(=O)C=CC1=O. The molecule has 0 saturated carbocycles. The van der Waals surface area contributed by atoms with Crippen molar-refractivity contribution in [1.82, 2.24) is 10.2 Å². The number of nitrogens with one attached hydrogen (secondary N) is 1. The Morgan fingerprint density at radius 3 is 2.60 bits per heavy atom. The van der Waals surface area contributed by atoms with Gasteiger partial charge in [-0.15, -0.1) is 0 Å². The number of rotatable bonds is 10. The van der Waals surface area contributed by atoms with Gasteiger partial charge in [-0.05, 0) is 13.8 Å². The molecular formula is C13H20N2O5. The highest BCUT2D eigenvalue weighted by molar-refractivity contribution is 6.14. The number of amides is 2. The predicted octanol–water partition coefficient (Wildman–Crippen LogP) is -0.531. The van der Waals surface area contributed by atoms with Crippen LogP contribution >= 0.6 is 0 Å². The fourth-order valence-corrected chi connectivity index (χ4v) is 1.52. The monoisotopic (exact) mass is 284 g/mol. The van der Waals surface area contributed by atoms with Crippen LogP contribution in [0.5, 0.6) is 0 Å². The lowest BCUT2D eigenvalue weighted by Crippen LogP contribution is -2.39.